The van der Waals surface area contributed by atoms with Crippen molar-refractivity contribution >= 4 is 5.96 Å². The van der Waals surface area contributed by atoms with E-state index in [1.54, 1.807) is 0 Å². The molecule has 0 spiro atoms. The molecule has 0 radical (unpaired) electrons. The maximum Gasteiger partial charge on any atom is 0.194 e. The van der Waals surface area contributed by atoms with Crippen LogP contribution in [0, 0.1) is 11.3 Å². The number of ether oxygens (including phenoxy) is 1. The number of piperidine rings is 1. The lowest BCUT2D eigenvalue weighted by atomic mass is 10.1. The number of benzene rings is 1. The monoisotopic (exact) mass is 314 g/mol. The third-order valence-corrected chi connectivity index (χ3v) is 3.97. The molecule has 1 aliphatic heterocycles. The lowest BCUT2D eigenvalue weighted by Gasteiger charge is -2.34. The summed E-state index contributed by atoms with van der Waals surface area (Å²) in [6.45, 7) is 8.36. The van der Waals surface area contributed by atoms with Crippen molar-refractivity contribution in [2.75, 3.05) is 26.2 Å². The van der Waals surface area contributed by atoms with E-state index in [0.717, 1.165) is 50.6 Å². The zero-order valence-electron chi connectivity index (χ0n) is 14.1. The number of nitrogens with zero attached hydrogens (tertiary/aromatic N) is 3. The van der Waals surface area contributed by atoms with Crippen molar-refractivity contribution in [2.24, 2.45) is 4.99 Å². The van der Waals surface area contributed by atoms with Gasteiger partial charge in [0.1, 0.15) is 0 Å². The molecular formula is C18H26N4O. The van der Waals surface area contributed by atoms with Crippen LogP contribution in [0.25, 0.3) is 0 Å². The quantitative estimate of drug-likeness (QED) is 0.670. The van der Waals surface area contributed by atoms with Crippen molar-refractivity contribution in [1.82, 2.24) is 10.2 Å². The van der Waals surface area contributed by atoms with Gasteiger partial charge in [-0.3, -0.25) is 0 Å². The molecule has 1 fully saturated rings. The van der Waals surface area contributed by atoms with E-state index in [9.17, 15) is 0 Å². The van der Waals surface area contributed by atoms with Crippen molar-refractivity contribution in [1.29, 1.82) is 5.26 Å². The van der Waals surface area contributed by atoms with Crippen LogP contribution in [-0.4, -0.2) is 43.2 Å². The molecule has 1 aliphatic rings. The summed E-state index contributed by atoms with van der Waals surface area (Å²) in [5, 5.41) is 12.2. The molecule has 0 saturated carbocycles. The van der Waals surface area contributed by atoms with Gasteiger partial charge in [-0.15, -0.1) is 0 Å². The Morgan fingerprint density at radius 1 is 1.30 bits per heavy atom. The summed E-state index contributed by atoms with van der Waals surface area (Å²) in [5.41, 5.74) is 1.80. The number of hydrogen-bond donors (Lipinski definition) is 1. The molecule has 5 heteroatoms. The standard InChI is InChI=1S/C18H26N4O/c1-3-20-18(22-11-9-17(10-12-22)23-4-2)21-14-16-7-5-15(13-19)6-8-16/h5-8,17H,3-4,9-12,14H2,1-2H3,(H,20,21). The minimum absolute atomic E-state index is 0.387. The summed E-state index contributed by atoms with van der Waals surface area (Å²) in [7, 11) is 0. The van der Waals surface area contributed by atoms with Crippen LogP contribution in [0.15, 0.2) is 29.3 Å². The molecule has 0 bridgehead atoms. The fraction of sp³-hybridized carbons (Fsp3) is 0.556. The normalized spacial score (nSPS) is 16.2. The first kappa shape index (κ1) is 17.3. The van der Waals surface area contributed by atoms with Crippen LogP contribution in [0.4, 0.5) is 0 Å². The molecule has 0 aliphatic carbocycles. The van der Waals surface area contributed by atoms with E-state index < -0.39 is 0 Å². The summed E-state index contributed by atoms with van der Waals surface area (Å²) in [5.74, 6) is 0.965. The van der Waals surface area contributed by atoms with E-state index in [2.05, 4.69) is 30.1 Å². The van der Waals surface area contributed by atoms with Crippen LogP contribution >= 0.6 is 0 Å². The first-order valence-corrected chi connectivity index (χ1v) is 8.40. The predicted molar refractivity (Wildman–Crippen MR) is 92.2 cm³/mol. The summed E-state index contributed by atoms with van der Waals surface area (Å²) >= 11 is 0. The first-order chi connectivity index (χ1) is 11.3. The second-order valence-electron chi connectivity index (χ2n) is 5.62. The van der Waals surface area contributed by atoms with Gasteiger partial charge in [0, 0.05) is 26.2 Å². The summed E-state index contributed by atoms with van der Waals surface area (Å²) in [4.78, 5) is 7.05. The van der Waals surface area contributed by atoms with E-state index in [1.807, 2.05) is 24.3 Å². The molecule has 0 amide bonds. The maximum atomic E-state index is 8.84. The van der Waals surface area contributed by atoms with Crippen molar-refractivity contribution in [3.05, 3.63) is 35.4 Å². The maximum absolute atomic E-state index is 8.84. The second-order valence-corrected chi connectivity index (χ2v) is 5.62. The molecule has 2 rings (SSSR count). The van der Waals surface area contributed by atoms with Crippen LogP contribution in [-0.2, 0) is 11.3 Å². The molecular weight excluding hydrogens is 288 g/mol. The van der Waals surface area contributed by atoms with Gasteiger partial charge in [-0.2, -0.15) is 5.26 Å². The number of hydrogen-bond acceptors (Lipinski definition) is 3. The van der Waals surface area contributed by atoms with Crippen molar-refractivity contribution in [2.45, 2.75) is 39.3 Å². The van der Waals surface area contributed by atoms with Gasteiger partial charge >= 0.3 is 0 Å². The summed E-state index contributed by atoms with van der Waals surface area (Å²) in [6, 6.07) is 9.74. The lowest BCUT2D eigenvalue weighted by Crippen LogP contribution is -2.47. The average molecular weight is 314 g/mol. The Morgan fingerprint density at radius 2 is 2.00 bits per heavy atom. The van der Waals surface area contributed by atoms with Crippen LogP contribution in [0.1, 0.15) is 37.8 Å². The highest BCUT2D eigenvalue weighted by Crippen LogP contribution is 2.14. The van der Waals surface area contributed by atoms with E-state index in [-0.39, 0.29) is 0 Å². The van der Waals surface area contributed by atoms with Gasteiger partial charge in [0.25, 0.3) is 0 Å². The Labute approximate surface area is 139 Å². The molecule has 5 nitrogen and oxygen atoms in total. The summed E-state index contributed by atoms with van der Waals surface area (Å²) in [6.07, 6.45) is 2.49. The molecule has 1 aromatic carbocycles. The number of rotatable bonds is 5. The van der Waals surface area contributed by atoms with E-state index in [4.69, 9.17) is 15.0 Å². The SMILES string of the molecule is CCNC(=NCc1ccc(C#N)cc1)N1CCC(OCC)CC1. The van der Waals surface area contributed by atoms with Crippen molar-refractivity contribution in [3.8, 4) is 6.07 Å². The third kappa shape index (κ3) is 5.26. The highest BCUT2D eigenvalue weighted by molar-refractivity contribution is 5.80. The molecule has 1 N–H and O–H groups in total. The molecule has 23 heavy (non-hydrogen) atoms. The number of guanidine groups is 1. The average Bonchev–Trinajstić information content (AvgIpc) is 2.60. The Bertz CT molecular complexity index is 539. The minimum atomic E-state index is 0.387. The second kappa shape index (κ2) is 9.16. The Kier molecular flexibility index (Phi) is 6.89. The van der Waals surface area contributed by atoms with Gasteiger partial charge in [0.15, 0.2) is 5.96 Å². The van der Waals surface area contributed by atoms with Gasteiger partial charge in [0.2, 0.25) is 0 Å². The first-order valence-electron chi connectivity index (χ1n) is 8.40. The highest BCUT2D eigenvalue weighted by atomic mass is 16.5. The fourth-order valence-corrected chi connectivity index (χ4v) is 2.75. The molecule has 0 atom stereocenters. The van der Waals surface area contributed by atoms with Gasteiger partial charge in [-0.05, 0) is 44.4 Å². The largest absolute Gasteiger partial charge is 0.378 e. The van der Waals surface area contributed by atoms with Gasteiger partial charge in [-0.25, -0.2) is 4.99 Å². The smallest absolute Gasteiger partial charge is 0.194 e. The summed E-state index contributed by atoms with van der Waals surface area (Å²) < 4.78 is 5.71. The highest BCUT2D eigenvalue weighted by Gasteiger charge is 2.21. The zero-order valence-corrected chi connectivity index (χ0v) is 14.1. The van der Waals surface area contributed by atoms with Gasteiger partial charge < -0.3 is 15.0 Å². The Balaban J connectivity index is 1.95. The van der Waals surface area contributed by atoms with Crippen LogP contribution in [0.2, 0.25) is 0 Å². The Hall–Kier alpha value is -2.06. The fourth-order valence-electron chi connectivity index (χ4n) is 2.75. The molecule has 1 heterocycles. The molecule has 124 valence electrons. The molecule has 0 unspecified atom stereocenters. The lowest BCUT2D eigenvalue weighted by molar-refractivity contribution is 0.0263. The number of nitrogens with one attached hydrogen (secondary N) is 1. The van der Waals surface area contributed by atoms with Crippen molar-refractivity contribution < 1.29 is 4.74 Å². The number of nitriles is 1. The van der Waals surface area contributed by atoms with Crippen molar-refractivity contribution in [3.63, 3.8) is 0 Å². The number of likely N-dealkylation sites (tertiary alicyclic amines) is 1. The topological polar surface area (TPSA) is 60.7 Å². The van der Waals surface area contributed by atoms with Gasteiger partial charge in [-0.1, -0.05) is 12.1 Å². The minimum Gasteiger partial charge on any atom is -0.378 e. The van der Waals surface area contributed by atoms with Gasteiger partial charge in [0.05, 0.1) is 24.3 Å². The number of aliphatic imine (C=N–C) groups is 1. The molecule has 1 saturated heterocycles. The zero-order chi connectivity index (χ0) is 16.5. The molecule has 0 aromatic heterocycles. The van der Waals surface area contributed by atoms with E-state index in [1.165, 1.54) is 0 Å². The van der Waals surface area contributed by atoms with Crippen LogP contribution in [0.3, 0.4) is 0 Å². The van der Waals surface area contributed by atoms with E-state index >= 15 is 0 Å². The Morgan fingerprint density at radius 3 is 2.57 bits per heavy atom. The molecule has 1 aromatic rings. The van der Waals surface area contributed by atoms with Crippen LogP contribution in [0.5, 0.6) is 0 Å². The van der Waals surface area contributed by atoms with Crippen LogP contribution < -0.4 is 5.32 Å². The van der Waals surface area contributed by atoms with E-state index in [0.29, 0.717) is 18.2 Å². The predicted octanol–water partition coefficient (Wildman–Crippen LogP) is 2.52. The third-order valence-electron chi connectivity index (χ3n) is 3.97.